The number of nitrogens with zero attached hydrogens (tertiary/aromatic N) is 2. The van der Waals surface area contributed by atoms with Gasteiger partial charge in [-0.3, -0.25) is 9.69 Å². The van der Waals surface area contributed by atoms with E-state index in [9.17, 15) is 13.6 Å². The first-order chi connectivity index (χ1) is 11.5. The van der Waals surface area contributed by atoms with Crippen LogP contribution in [0.3, 0.4) is 0 Å². The van der Waals surface area contributed by atoms with Gasteiger partial charge in [0.1, 0.15) is 11.4 Å². The van der Waals surface area contributed by atoms with Gasteiger partial charge in [-0.25, -0.2) is 8.78 Å². The maximum absolute atomic E-state index is 14.4. The van der Waals surface area contributed by atoms with E-state index in [0.717, 1.165) is 6.07 Å². The van der Waals surface area contributed by atoms with Gasteiger partial charge in [-0.05, 0) is 26.0 Å². The molecule has 24 heavy (non-hydrogen) atoms. The first kappa shape index (κ1) is 18.6. The minimum Gasteiger partial charge on any atom is -0.491 e. The third-order valence-electron chi connectivity index (χ3n) is 4.20. The summed E-state index contributed by atoms with van der Waals surface area (Å²) in [6.07, 6.45) is 0. The van der Waals surface area contributed by atoms with Crippen molar-refractivity contribution in [2.24, 2.45) is 0 Å². The van der Waals surface area contributed by atoms with E-state index >= 15 is 0 Å². The molecule has 1 heterocycles. The highest BCUT2D eigenvalue weighted by molar-refractivity contribution is 5.95. The van der Waals surface area contributed by atoms with Gasteiger partial charge in [0.15, 0.2) is 11.6 Å². The number of rotatable bonds is 6. The minimum atomic E-state index is -0.933. The number of carbonyl (C=O) groups excluding carboxylic acids is 1. The standard InChI is InChI=1S/C17H24F2N2O3/c1-4-24-14-6-5-13(18)15(16(14)19)17(22)21-9-7-20(8-10-21)12(2)11-23-3/h5-6,12H,4,7-11H2,1-3H3/t12-/m0/s1. The Morgan fingerprint density at radius 1 is 1.25 bits per heavy atom. The number of carbonyl (C=O) groups is 1. The molecule has 0 aromatic heterocycles. The van der Waals surface area contributed by atoms with E-state index in [-0.39, 0.29) is 18.4 Å². The zero-order valence-electron chi connectivity index (χ0n) is 14.3. The van der Waals surface area contributed by atoms with Gasteiger partial charge < -0.3 is 14.4 Å². The Kier molecular flexibility index (Phi) is 6.51. The van der Waals surface area contributed by atoms with Crippen molar-refractivity contribution < 1.29 is 23.0 Å². The van der Waals surface area contributed by atoms with Crippen LogP contribution in [-0.4, -0.2) is 68.3 Å². The summed E-state index contributed by atoms with van der Waals surface area (Å²) in [5.74, 6) is -2.53. The van der Waals surface area contributed by atoms with Gasteiger partial charge in [0, 0.05) is 39.3 Å². The summed E-state index contributed by atoms with van der Waals surface area (Å²) in [6, 6.07) is 2.51. The zero-order chi connectivity index (χ0) is 17.7. The summed E-state index contributed by atoms with van der Waals surface area (Å²) in [6.45, 7) is 6.72. The van der Waals surface area contributed by atoms with E-state index in [1.54, 1.807) is 14.0 Å². The Bertz CT molecular complexity index is 575. The Labute approximate surface area is 141 Å². The summed E-state index contributed by atoms with van der Waals surface area (Å²) >= 11 is 0. The van der Waals surface area contributed by atoms with Crippen molar-refractivity contribution in [3.05, 3.63) is 29.3 Å². The Morgan fingerprint density at radius 3 is 2.50 bits per heavy atom. The van der Waals surface area contributed by atoms with Gasteiger partial charge in [-0.1, -0.05) is 0 Å². The largest absolute Gasteiger partial charge is 0.491 e. The van der Waals surface area contributed by atoms with Gasteiger partial charge in [-0.2, -0.15) is 0 Å². The van der Waals surface area contributed by atoms with E-state index in [2.05, 4.69) is 4.90 Å². The van der Waals surface area contributed by atoms with Crippen molar-refractivity contribution in [1.29, 1.82) is 0 Å². The SMILES string of the molecule is CCOc1ccc(F)c(C(=O)N2CCN([C@@H](C)COC)CC2)c1F. The summed E-state index contributed by atoms with van der Waals surface area (Å²) in [7, 11) is 1.65. The molecule has 1 fully saturated rings. The van der Waals surface area contributed by atoms with E-state index < -0.39 is 23.1 Å². The van der Waals surface area contributed by atoms with Crippen LogP contribution in [0.2, 0.25) is 0 Å². The third kappa shape index (κ3) is 4.02. The fourth-order valence-electron chi connectivity index (χ4n) is 2.87. The van der Waals surface area contributed by atoms with Gasteiger partial charge in [0.05, 0.1) is 13.2 Å². The number of methoxy groups -OCH3 is 1. The summed E-state index contributed by atoms with van der Waals surface area (Å²) in [4.78, 5) is 16.2. The molecule has 1 atom stereocenters. The number of hydrogen-bond donors (Lipinski definition) is 0. The van der Waals surface area contributed by atoms with E-state index in [1.807, 2.05) is 6.92 Å². The average Bonchev–Trinajstić information content (AvgIpc) is 2.58. The van der Waals surface area contributed by atoms with Crippen LogP contribution in [0, 0.1) is 11.6 Å². The smallest absolute Gasteiger partial charge is 0.260 e. The summed E-state index contributed by atoms with van der Waals surface area (Å²) in [5.41, 5.74) is -0.542. The number of amides is 1. The summed E-state index contributed by atoms with van der Waals surface area (Å²) in [5, 5.41) is 0. The predicted octanol–water partition coefficient (Wildman–Crippen LogP) is 2.16. The van der Waals surface area contributed by atoms with Crippen molar-refractivity contribution in [3.63, 3.8) is 0 Å². The van der Waals surface area contributed by atoms with Crippen LogP contribution < -0.4 is 4.74 Å². The highest BCUT2D eigenvalue weighted by atomic mass is 19.1. The molecule has 0 unspecified atom stereocenters. The van der Waals surface area contributed by atoms with Gasteiger partial charge in [0.25, 0.3) is 5.91 Å². The second-order valence-electron chi connectivity index (χ2n) is 5.80. The molecular formula is C17H24F2N2O3. The van der Waals surface area contributed by atoms with Crippen molar-refractivity contribution in [2.45, 2.75) is 19.9 Å². The molecule has 0 radical (unpaired) electrons. The molecule has 134 valence electrons. The van der Waals surface area contributed by atoms with E-state index in [1.165, 1.54) is 11.0 Å². The molecule has 5 nitrogen and oxygen atoms in total. The number of hydrogen-bond acceptors (Lipinski definition) is 4. The quantitative estimate of drug-likeness (QED) is 0.794. The molecule has 7 heteroatoms. The fraction of sp³-hybridized carbons (Fsp3) is 0.588. The molecule has 0 N–H and O–H groups in total. The lowest BCUT2D eigenvalue weighted by Crippen LogP contribution is -2.52. The maximum atomic E-state index is 14.4. The molecule has 1 amide bonds. The first-order valence-corrected chi connectivity index (χ1v) is 8.12. The molecular weight excluding hydrogens is 318 g/mol. The third-order valence-corrected chi connectivity index (χ3v) is 4.20. The fourth-order valence-corrected chi connectivity index (χ4v) is 2.87. The summed E-state index contributed by atoms with van der Waals surface area (Å²) < 4.78 is 38.6. The highest BCUT2D eigenvalue weighted by Crippen LogP contribution is 2.25. The molecule has 0 spiro atoms. The lowest BCUT2D eigenvalue weighted by Gasteiger charge is -2.37. The minimum absolute atomic E-state index is 0.102. The molecule has 1 aromatic carbocycles. The zero-order valence-corrected chi connectivity index (χ0v) is 14.3. The van der Waals surface area contributed by atoms with Crippen LogP contribution in [0.15, 0.2) is 12.1 Å². The van der Waals surface area contributed by atoms with Crippen molar-refractivity contribution in [2.75, 3.05) is 46.5 Å². The topological polar surface area (TPSA) is 42.0 Å². The Morgan fingerprint density at radius 2 is 1.92 bits per heavy atom. The highest BCUT2D eigenvalue weighted by Gasteiger charge is 2.29. The molecule has 0 aliphatic carbocycles. The lowest BCUT2D eigenvalue weighted by molar-refractivity contribution is 0.0442. The van der Waals surface area contributed by atoms with Crippen LogP contribution >= 0.6 is 0 Å². The predicted molar refractivity (Wildman–Crippen MR) is 86.3 cm³/mol. The Balaban J connectivity index is 2.09. The molecule has 0 bridgehead atoms. The first-order valence-electron chi connectivity index (χ1n) is 8.12. The van der Waals surface area contributed by atoms with Gasteiger partial charge in [0.2, 0.25) is 0 Å². The number of benzene rings is 1. The van der Waals surface area contributed by atoms with Crippen molar-refractivity contribution in [3.8, 4) is 5.75 Å². The van der Waals surface area contributed by atoms with Crippen molar-refractivity contribution >= 4 is 5.91 Å². The van der Waals surface area contributed by atoms with E-state index in [4.69, 9.17) is 9.47 Å². The van der Waals surface area contributed by atoms with Gasteiger partial charge in [-0.15, -0.1) is 0 Å². The Hall–Kier alpha value is -1.73. The van der Waals surface area contributed by atoms with Crippen LogP contribution in [-0.2, 0) is 4.74 Å². The molecule has 2 rings (SSSR count). The molecule has 1 aliphatic rings. The molecule has 0 saturated carbocycles. The van der Waals surface area contributed by atoms with Gasteiger partial charge >= 0.3 is 0 Å². The second kappa shape index (κ2) is 8.39. The lowest BCUT2D eigenvalue weighted by atomic mass is 10.1. The van der Waals surface area contributed by atoms with Crippen LogP contribution in [0.25, 0.3) is 0 Å². The number of piperazine rings is 1. The van der Waals surface area contributed by atoms with E-state index in [0.29, 0.717) is 32.8 Å². The maximum Gasteiger partial charge on any atom is 0.260 e. The van der Waals surface area contributed by atoms with Crippen LogP contribution in [0.4, 0.5) is 8.78 Å². The van der Waals surface area contributed by atoms with Crippen molar-refractivity contribution in [1.82, 2.24) is 9.80 Å². The molecule has 1 aromatic rings. The van der Waals surface area contributed by atoms with Crippen LogP contribution in [0.1, 0.15) is 24.2 Å². The molecule has 1 aliphatic heterocycles. The molecule has 1 saturated heterocycles. The number of ether oxygens (including phenoxy) is 2. The second-order valence-corrected chi connectivity index (χ2v) is 5.80. The average molecular weight is 342 g/mol. The monoisotopic (exact) mass is 342 g/mol. The van der Waals surface area contributed by atoms with Crippen LogP contribution in [0.5, 0.6) is 5.75 Å². The number of halogens is 2. The normalized spacial score (nSPS) is 17.0.